The van der Waals surface area contributed by atoms with Gasteiger partial charge in [0, 0.05) is 68.9 Å². The first-order chi connectivity index (χ1) is 22.9. The summed E-state index contributed by atoms with van der Waals surface area (Å²) in [5, 5.41) is 10.7. The number of amides is 2. The SMILES string of the molecule is CCc1ccc(NC(=O)Nc2ccc(-c3nc(N4CCOCC4)c4cc(CN5CCN(C)CC5)cn4n3)cc2)cc1.O=C=O.O=S=O. The second kappa shape index (κ2) is 17.8. The Bertz CT molecular complexity index is 1660. The molecule has 0 atom stereocenters. The molecule has 2 fully saturated rings. The molecule has 0 aliphatic carbocycles. The van der Waals surface area contributed by atoms with E-state index in [9.17, 15) is 4.79 Å². The van der Waals surface area contributed by atoms with Gasteiger partial charge in [-0.1, -0.05) is 19.1 Å². The highest BCUT2D eigenvalue weighted by Crippen LogP contribution is 2.27. The lowest BCUT2D eigenvalue weighted by atomic mass is 10.1. The number of fused-ring (bicyclic) bond motifs is 1. The third-order valence-electron chi connectivity index (χ3n) is 7.83. The van der Waals surface area contributed by atoms with Crippen molar-refractivity contribution < 1.29 is 27.5 Å². The number of likely N-dealkylation sites (N-methyl/N-ethyl adjacent to an activating group) is 1. The Morgan fingerprint density at radius 3 is 2.04 bits per heavy atom. The van der Waals surface area contributed by atoms with E-state index in [2.05, 4.69) is 51.6 Å². The Hall–Kier alpha value is -4.79. The van der Waals surface area contributed by atoms with Crippen molar-refractivity contribution in [2.24, 2.45) is 0 Å². The summed E-state index contributed by atoms with van der Waals surface area (Å²) in [6.45, 7) is 10.3. The van der Waals surface area contributed by atoms with Gasteiger partial charge >= 0.3 is 23.8 Å². The molecule has 0 saturated carbocycles. The molecule has 6 rings (SSSR count). The van der Waals surface area contributed by atoms with Crippen molar-refractivity contribution in [1.82, 2.24) is 24.4 Å². The lowest BCUT2D eigenvalue weighted by Gasteiger charge is -2.32. The second-order valence-electron chi connectivity index (χ2n) is 11.0. The molecule has 2 aliphatic heterocycles. The van der Waals surface area contributed by atoms with Crippen LogP contribution in [0.25, 0.3) is 16.9 Å². The van der Waals surface area contributed by atoms with Crippen LogP contribution in [0.2, 0.25) is 0 Å². The van der Waals surface area contributed by atoms with E-state index in [-0.39, 0.29) is 12.2 Å². The minimum absolute atomic E-state index is 0.250. The number of nitrogens with zero attached hydrogens (tertiary/aromatic N) is 6. The zero-order chi connectivity index (χ0) is 33.6. The zero-order valence-corrected chi connectivity index (χ0v) is 27.2. The van der Waals surface area contributed by atoms with Crippen molar-refractivity contribution >= 4 is 46.5 Å². The van der Waals surface area contributed by atoms with Gasteiger partial charge in [-0.25, -0.2) is 14.3 Å². The Morgan fingerprint density at radius 1 is 0.894 bits per heavy atom. The monoisotopic (exact) mass is 662 g/mol. The lowest BCUT2D eigenvalue weighted by Crippen LogP contribution is -2.43. The third-order valence-corrected chi connectivity index (χ3v) is 7.83. The van der Waals surface area contributed by atoms with Crippen LogP contribution in [0, 0.1) is 0 Å². The van der Waals surface area contributed by atoms with Gasteiger partial charge in [-0.05, 0) is 67.1 Å². The molecule has 248 valence electrons. The van der Waals surface area contributed by atoms with Crippen LogP contribution >= 0.6 is 0 Å². The van der Waals surface area contributed by atoms with Crippen LogP contribution in [0.1, 0.15) is 18.1 Å². The van der Waals surface area contributed by atoms with Gasteiger partial charge in [0.05, 0.1) is 13.2 Å². The van der Waals surface area contributed by atoms with Crippen molar-refractivity contribution in [3.05, 3.63) is 71.9 Å². The number of hydrogen-bond donors (Lipinski definition) is 2. The highest BCUT2D eigenvalue weighted by Gasteiger charge is 2.21. The first-order valence-corrected chi connectivity index (χ1v) is 15.8. The number of aryl methyl sites for hydroxylation is 1. The molecule has 4 aromatic rings. The molecule has 2 aromatic carbocycles. The fraction of sp³-hybridized carbons (Fsp3) is 0.375. The highest BCUT2D eigenvalue weighted by molar-refractivity contribution is 7.51. The molecule has 2 amide bonds. The summed E-state index contributed by atoms with van der Waals surface area (Å²) >= 11 is -0.750. The van der Waals surface area contributed by atoms with Crippen molar-refractivity contribution in [3.63, 3.8) is 0 Å². The molecule has 2 aromatic heterocycles. The average molecular weight is 663 g/mol. The van der Waals surface area contributed by atoms with Crippen molar-refractivity contribution in [2.45, 2.75) is 19.9 Å². The topological polar surface area (TPSA) is 159 Å². The van der Waals surface area contributed by atoms with Gasteiger partial charge in [0.2, 0.25) is 0 Å². The Kier molecular flexibility index (Phi) is 13.3. The van der Waals surface area contributed by atoms with Gasteiger partial charge in [-0.2, -0.15) is 18.0 Å². The number of anilines is 3. The average Bonchev–Trinajstić information content (AvgIpc) is 3.49. The first-order valence-electron chi connectivity index (χ1n) is 15.2. The van der Waals surface area contributed by atoms with Crippen LogP contribution in [-0.4, -0.2) is 105 Å². The fourth-order valence-corrected chi connectivity index (χ4v) is 5.34. The number of nitrogens with one attached hydrogen (secondary N) is 2. The maximum atomic E-state index is 12.5. The van der Waals surface area contributed by atoms with E-state index in [1.165, 1.54) is 11.1 Å². The summed E-state index contributed by atoms with van der Waals surface area (Å²) in [4.78, 5) is 41.0. The number of morpholine rings is 1. The standard InChI is InChI=1S/C31H38N8O2.CO2.O2S/c1-3-23-4-8-26(9-5-23)32-31(40)33-27-10-6-25(7-11-27)29-34-30(38-16-18-41-19-17-38)28-20-24(22-39(28)35-29)21-37-14-12-36(2)13-15-37;2-1-3;1-3-2/h4-11,20,22H,3,12-19,21H2,1-2H3,(H2,32,33,40);;. The van der Waals surface area contributed by atoms with E-state index in [4.69, 9.17) is 32.8 Å². The highest BCUT2D eigenvalue weighted by atomic mass is 32.1. The number of rotatable bonds is 7. The van der Waals surface area contributed by atoms with Crippen LogP contribution < -0.4 is 15.5 Å². The van der Waals surface area contributed by atoms with Crippen LogP contribution in [0.15, 0.2) is 60.8 Å². The normalized spacial score (nSPS) is 15.0. The minimum Gasteiger partial charge on any atom is -0.378 e. The van der Waals surface area contributed by atoms with Crippen molar-refractivity contribution in [2.75, 3.05) is 75.1 Å². The number of urea groups is 1. The summed E-state index contributed by atoms with van der Waals surface area (Å²) in [6, 6.07) is 17.5. The van der Waals surface area contributed by atoms with Crippen LogP contribution in [0.5, 0.6) is 0 Å². The second-order valence-corrected chi connectivity index (χ2v) is 11.1. The van der Waals surface area contributed by atoms with E-state index in [0.717, 1.165) is 74.8 Å². The molecule has 2 saturated heterocycles. The van der Waals surface area contributed by atoms with Crippen molar-refractivity contribution in [1.29, 1.82) is 0 Å². The summed E-state index contributed by atoms with van der Waals surface area (Å²) in [6.07, 6.45) is 3.35. The minimum atomic E-state index is -0.750. The van der Waals surface area contributed by atoms with Crippen molar-refractivity contribution in [3.8, 4) is 11.4 Å². The molecular formula is C32H38N8O6S. The predicted octanol–water partition coefficient (Wildman–Crippen LogP) is 2.93. The maximum absolute atomic E-state index is 12.5. The van der Waals surface area contributed by atoms with Crippen LogP contribution in [0.4, 0.5) is 22.0 Å². The Morgan fingerprint density at radius 2 is 1.47 bits per heavy atom. The van der Waals surface area contributed by atoms with E-state index < -0.39 is 11.6 Å². The number of piperazine rings is 1. The molecule has 0 bridgehead atoms. The smallest absolute Gasteiger partial charge is 0.373 e. The van der Waals surface area contributed by atoms with Gasteiger partial charge in [0.25, 0.3) is 0 Å². The van der Waals surface area contributed by atoms with Gasteiger partial charge in [-0.3, -0.25) is 4.90 Å². The third kappa shape index (κ3) is 10.1. The summed E-state index contributed by atoms with van der Waals surface area (Å²) in [7, 11) is 2.18. The molecule has 47 heavy (non-hydrogen) atoms. The van der Waals surface area contributed by atoms with E-state index in [0.29, 0.717) is 24.7 Å². The molecular weight excluding hydrogens is 624 g/mol. The quantitative estimate of drug-likeness (QED) is 0.300. The zero-order valence-electron chi connectivity index (χ0n) is 26.4. The summed E-state index contributed by atoms with van der Waals surface area (Å²) in [5.74, 6) is 1.58. The molecule has 0 unspecified atom stereocenters. The Labute approximate surface area is 276 Å². The molecule has 14 nitrogen and oxygen atoms in total. The summed E-state index contributed by atoms with van der Waals surface area (Å²) in [5.41, 5.74) is 5.83. The molecule has 4 heterocycles. The van der Waals surface area contributed by atoms with Crippen LogP contribution in [-0.2, 0) is 38.9 Å². The number of benzene rings is 2. The molecule has 2 aliphatic rings. The molecule has 15 heteroatoms. The number of carbonyl (C=O) groups is 1. The van der Waals surface area contributed by atoms with E-state index in [1.54, 1.807) is 0 Å². The number of hydrogen-bond acceptors (Lipinski definition) is 11. The molecule has 0 spiro atoms. The number of carbonyl (C=O) groups excluding carboxylic acids is 3. The largest absolute Gasteiger partial charge is 0.378 e. The summed E-state index contributed by atoms with van der Waals surface area (Å²) < 4.78 is 24.2. The van der Waals surface area contributed by atoms with Crippen LogP contribution in [0.3, 0.4) is 0 Å². The fourth-order valence-electron chi connectivity index (χ4n) is 5.34. The number of ether oxygens (including phenoxy) is 1. The maximum Gasteiger partial charge on any atom is 0.373 e. The lowest BCUT2D eigenvalue weighted by molar-refractivity contribution is -0.191. The number of aromatic nitrogens is 3. The van der Waals surface area contributed by atoms with E-state index in [1.807, 2.05) is 53.0 Å². The van der Waals surface area contributed by atoms with Gasteiger partial charge < -0.3 is 25.2 Å². The van der Waals surface area contributed by atoms with E-state index >= 15 is 0 Å². The molecule has 2 N–H and O–H groups in total. The molecule has 0 radical (unpaired) electrons. The first kappa shape index (κ1) is 35.1. The van der Waals surface area contributed by atoms with Gasteiger partial charge in [0.1, 0.15) is 5.52 Å². The van der Waals surface area contributed by atoms with Gasteiger partial charge in [-0.15, -0.1) is 5.10 Å². The van der Waals surface area contributed by atoms with Gasteiger partial charge in [0.15, 0.2) is 11.6 Å². The predicted molar refractivity (Wildman–Crippen MR) is 177 cm³/mol. The Balaban J connectivity index is 0.000000776.